The molecule has 0 spiro atoms. The molecule has 0 fully saturated rings. The standard InChI is InChI=1S/C16H15BrClFO/c1-20-10-9-11-5-7-12(8-6-11)16(18)15-13(17)3-2-4-14(15)19/h2-8,16H,9-10H2,1H3. The second-order valence-corrected chi connectivity index (χ2v) is 5.77. The fourth-order valence-electron chi connectivity index (χ4n) is 1.99. The summed E-state index contributed by atoms with van der Waals surface area (Å²) in [6, 6.07) is 12.7. The van der Waals surface area contributed by atoms with E-state index in [2.05, 4.69) is 15.9 Å². The summed E-state index contributed by atoms with van der Waals surface area (Å²) in [6.45, 7) is 0.683. The van der Waals surface area contributed by atoms with Gasteiger partial charge >= 0.3 is 0 Å². The van der Waals surface area contributed by atoms with Crippen LogP contribution in [0.25, 0.3) is 0 Å². The first-order valence-corrected chi connectivity index (χ1v) is 7.52. The molecule has 0 saturated carbocycles. The van der Waals surface area contributed by atoms with Gasteiger partial charge in [-0.3, -0.25) is 0 Å². The zero-order chi connectivity index (χ0) is 14.5. The molecule has 0 saturated heterocycles. The Hall–Kier alpha value is -0.900. The molecular weight excluding hydrogens is 343 g/mol. The van der Waals surface area contributed by atoms with E-state index in [4.69, 9.17) is 16.3 Å². The molecule has 0 bridgehead atoms. The Morgan fingerprint density at radius 3 is 2.50 bits per heavy atom. The fraction of sp³-hybridized carbons (Fsp3) is 0.250. The van der Waals surface area contributed by atoms with Gasteiger partial charge in [0.15, 0.2) is 0 Å². The van der Waals surface area contributed by atoms with Crippen LogP contribution < -0.4 is 0 Å². The first kappa shape index (κ1) is 15.5. The van der Waals surface area contributed by atoms with Crippen LogP contribution in [0.15, 0.2) is 46.9 Å². The van der Waals surface area contributed by atoms with Crippen LogP contribution in [-0.4, -0.2) is 13.7 Å². The van der Waals surface area contributed by atoms with Gasteiger partial charge in [-0.2, -0.15) is 0 Å². The molecule has 1 atom stereocenters. The van der Waals surface area contributed by atoms with Crippen molar-refractivity contribution < 1.29 is 9.13 Å². The third-order valence-corrected chi connectivity index (χ3v) is 4.28. The molecular formula is C16H15BrClFO. The SMILES string of the molecule is COCCc1ccc(C(Cl)c2c(F)cccc2Br)cc1. The first-order valence-electron chi connectivity index (χ1n) is 6.29. The number of alkyl halides is 1. The van der Waals surface area contributed by atoms with Gasteiger partial charge in [0.2, 0.25) is 0 Å². The van der Waals surface area contributed by atoms with Gasteiger partial charge < -0.3 is 4.74 Å². The number of methoxy groups -OCH3 is 1. The van der Waals surface area contributed by atoms with Gasteiger partial charge in [0.1, 0.15) is 5.82 Å². The van der Waals surface area contributed by atoms with Crippen molar-refractivity contribution >= 4 is 27.5 Å². The summed E-state index contributed by atoms with van der Waals surface area (Å²) >= 11 is 9.76. The van der Waals surface area contributed by atoms with Crippen LogP contribution in [0, 0.1) is 5.82 Å². The summed E-state index contributed by atoms with van der Waals surface area (Å²) in [6.07, 6.45) is 0.854. The highest BCUT2D eigenvalue weighted by atomic mass is 79.9. The number of hydrogen-bond donors (Lipinski definition) is 0. The van der Waals surface area contributed by atoms with Crippen LogP contribution >= 0.6 is 27.5 Å². The van der Waals surface area contributed by atoms with Crippen LogP contribution in [0.4, 0.5) is 4.39 Å². The van der Waals surface area contributed by atoms with E-state index >= 15 is 0 Å². The molecule has 20 heavy (non-hydrogen) atoms. The lowest BCUT2D eigenvalue weighted by Crippen LogP contribution is -1.99. The fourth-order valence-corrected chi connectivity index (χ4v) is 3.06. The maximum atomic E-state index is 13.9. The Morgan fingerprint density at radius 1 is 1.20 bits per heavy atom. The van der Waals surface area contributed by atoms with Crippen molar-refractivity contribution in [3.8, 4) is 0 Å². The number of benzene rings is 2. The van der Waals surface area contributed by atoms with E-state index in [1.807, 2.05) is 24.3 Å². The van der Waals surface area contributed by atoms with Crippen LogP contribution in [0.3, 0.4) is 0 Å². The summed E-state index contributed by atoms with van der Waals surface area (Å²) in [5.41, 5.74) is 2.52. The summed E-state index contributed by atoms with van der Waals surface area (Å²) in [5, 5.41) is -0.512. The molecule has 0 heterocycles. The first-order chi connectivity index (χ1) is 9.63. The Kier molecular flexibility index (Phi) is 5.58. The summed E-state index contributed by atoms with van der Waals surface area (Å²) in [4.78, 5) is 0. The van der Waals surface area contributed by atoms with Crippen LogP contribution in [0.5, 0.6) is 0 Å². The van der Waals surface area contributed by atoms with Crippen molar-refractivity contribution in [2.75, 3.05) is 13.7 Å². The average Bonchev–Trinajstić information content (AvgIpc) is 2.45. The Balaban J connectivity index is 2.23. The minimum absolute atomic E-state index is 0.303. The molecule has 1 nitrogen and oxygen atoms in total. The molecule has 0 radical (unpaired) electrons. The molecule has 2 aromatic rings. The Labute approximate surface area is 131 Å². The second-order valence-electron chi connectivity index (χ2n) is 4.48. The van der Waals surface area contributed by atoms with Gasteiger partial charge in [-0.05, 0) is 29.7 Å². The third kappa shape index (κ3) is 3.60. The topological polar surface area (TPSA) is 9.23 Å². The van der Waals surface area contributed by atoms with Crippen molar-refractivity contribution in [2.45, 2.75) is 11.8 Å². The highest BCUT2D eigenvalue weighted by Crippen LogP contribution is 2.35. The summed E-state index contributed by atoms with van der Waals surface area (Å²) < 4.78 is 19.6. The van der Waals surface area contributed by atoms with E-state index in [0.717, 1.165) is 12.0 Å². The number of ether oxygens (including phenoxy) is 1. The number of halogens is 3. The summed E-state index contributed by atoms with van der Waals surface area (Å²) in [5.74, 6) is -0.303. The number of rotatable bonds is 5. The van der Waals surface area contributed by atoms with Gasteiger partial charge in [0.05, 0.1) is 12.0 Å². The predicted molar refractivity (Wildman–Crippen MR) is 83.8 cm³/mol. The molecule has 0 N–H and O–H groups in total. The summed E-state index contributed by atoms with van der Waals surface area (Å²) in [7, 11) is 1.68. The van der Waals surface area contributed by atoms with Gasteiger partial charge in [-0.1, -0.05) is 46.3 Å². The molecule has 0 aliphatic heterocycles. The molecule has 0 aliphatic rings. The average molecular weight is 358 g/mol. The number of hydrogen-bond acceptors (Lipinski definition) is 1. The highest BCUT2D eigenvalue weighted by Gasteiger charge is 2.18. The highest BCUT2D eigenvalue weighted by molar-refractivity contribution is 9.10. The lowest BCUT2D eigenvalue weighted by molar-refractivity contribution is 0.202. The Morgan fingerprint density at radius 2 is 1.90 bits per heavy atom. The molecule has 4 heteroatoms. The van der Waals surface area contributed by atoms with Crippen molar-refractivity contribution in [3.63, 3.8) is 0 Å². The molecule has 0 amide bonds. The predicted octanol–water partition coefficient (Wildman–Crippen LogP) is 5.11. The van der Waals surface area contributed by atoms with E-state index in [1.54, 1.807) is 19.2 Å². The molecule has 2 aromatic carbocycles. The van der Waals surface area contributed by atoms with Crippen LogP contribution in [0.2, 0.25) is 0 Å². The minimum atomic E-state index is -0.512. The van der Waals surface area contributed by atoms with Crippen molar-refractivity contribution in [2.24, 2.45) is 0 Å². The maximum Gasteiger partial charge on any atom is 0.129 e. The van der Waals surface area contributed by atoms with Crippen molar-refractivity contribution in [1.82, 2.24) is 0 Å². The molecule has 0 aliphatic carbocycles. The van der Waals surface area contributed by atoms with Crippen LogP contribution in [0.1, 0.15) is 22.1 Å². The second kappa shape index (κ2) is 7.21. The van der Waals surface area contributed by atoms with E-state index < -0.39 is 5.38 Å². The van der Waals surface area contributed by atoms with E-state index in [0.29, 0.717) is 16.6 Å². The molecule has 106 valence electrons. The van der Waals surface area contributed by atoms with Crippen molar-refractivity contribution in [1.29, 1.82) is 0 Å². The minimum Gasteiger partial charge on any atom is -0.384 e. The van der Waals surface area contributed by atoms with Gasteiger partial charge in [-0.15, -0.1) is 11.6 Å². The largest absolute Gasteiger partial charge is 0.384 e. The molecule has 0 aromatic heterocycles. The van der Waals surface area contributed by atoms with E-state index in [9.17, 15) is 4.39 Å². The third-order valence-electron chi connectivity index (χ3n) is 3.12. The van der Waals surface area contributed by atoms with Crippen LogP contribution in [-0.2, 0) is 11.2 Å². The zero-order valence-electron chi connectivity index (χ0n) is 11.1. The lowest BCUT2D eigenvalue weighted by atomic mass is 10.0. The Bertz CT molecular complexity index is 551. The normalized spacial score (nSPS) is 12.4. The maximum absolute atomic E-state index is 13.9. The van der Waals surface area contributed by atoms with Crippen molar-refractivity contribution in [3.05, 3.63) is 69.4 Å². The monoisotopic (exact) mass is 356 g/mol. The smallest absolute Gasteiger partial charge is 0.129 e. The zero-order valence-corrected chi connectivity index (χ0v) is 13.4. The van der Waals surface area contributed by atoms with E-state index in [-0.39, 0.29) is 5.82 Å². The van der Waals surface area contributed by atoms with Gasteiger partial charge in [0.25, 0.3) is 0 Å². The van der Waals surface area contributed by atoms with Gasteiger partial charge in [-0.25, -0.2) is 4.39 Å². The quantitative estimate of drug-likeness (QED) is 0.676. The molecule has 1 unspecified atom stereocenters. The molecule has 2 rings (SSSR count). The van der Waals surface area contributed by atoms with Gasteiger partial charge in [0, 0.05) is 17.1 Å². The lowest BCUT2D eigenvalue weighted by Gasteiger charge is -2.14. The van der Waals surface area contributed by atoms with E-state index in [1.165, 1.54) is 11.6 Å².